The van der Waals surface area contributed by atoms with Crippen molar-refractivity contribution >= 4 is 5.95 Å². The van der Waals surface area contributed by atoms with Crippen molar-refractivity contribution in [2.24, 2.45) is 0 Å². The van der Waals surface area contributed by atoms with Crippen LogP contribution in [0.15, 0.2) is 36.7 Å². The molecule has 1 unspecified atom stereocenters. The molecule has 1 N–H and O–H groups in total. The Hall–Kier alpha value is -2.58. The van der Waals surface area contributed by atoms with E-state index in [0.29, 0.717) is 18.0 Å². The second kappa shape index (κ2) is 7.76. The molecular formula is C18H22N4O4. The zero-order chi connectivity index (χ0) is 17.8. The molecular weight excluding hydrogens is 336 g/mol. The Morgan fingerprint density at radius 2 is 1.85 bits per heavy atom. The number of anilines is 1. The van der Waals surface area contributed by atoms with Gasteiger partial charge in [-0.3, -0.25) is 4.90 Å². The fourth-order valence-corrected chi connectivity index (χ4v) is 3.09. The van der Waals surface area contributed by atoms with E-state index in [4.69, 9.17) is 14.2 Å². The summed E-state index contributed by atoms with van der Waals surface area (Å²) in [5.74, 6) is 2.83. The fraction of sp³-hybridized carbons (Fsp3) is 0.444. The predicted molar refractivity (Wildman–Crippen MR) is 94.8 cm³/mol. The average molecular weight is 358 g/mol. The highest BCUT2D eigenvalue weighted by Crippen LogP contribution is 2.35. The molecule has 1 atom stereocenters. The Morgan fingerprint density at radius 1 is 1.08 bits per heavy atom. The molecule has 0 amide bonds. The molecule has 1 saturated heterocycles. The largest absolute Gasteiger partial charge is 0.491 e. The van der Waals surface area contributed by atoms with Gasteiger partial charge in [0.25, 0.3) is 0 Å². The lowest BCUT2D eigenvalue weighted by Crippen LogP contribution is -2.49. The van der Waals surface area contributed by atoms with Crippen molar-refractivity contribution in [3.8, 4) is 17.2 Å². The Kier molecular flexibility index (Phi) is 5.03. The van der Waals surface area contributed by atoms with Crippen LogP contribution >= 0.6 is 0 Å². The monoisotopic (exact) mass is 358 g/mol. The summed E-state index contributed by atoms with van der Waals surface area (Å²) in [5.41, 5.74) is 0. The molecule has 0 spiro atoms. The molecule has 26 heavy (non-hydrogen) atoms. The molecule has 2 aliphatic heterocycles. The number of benzene rings is 1. The zero-order valence-electron chi connectivity index (χ0n) is 14.5. The van der Waals surface area contributed by atoms with E-state index in [2.05, 4.69) is 19.8 Å². The standard InChI is InChI=1S/C18H22N4O4/c23-14(12-24-15-2-3-16-17(10-15)26-13-25-16)11-21-6-8-22(9-7-21)18-19-4-1-5-20-18/h1-5,10,14,23H,6-9,11-13H2. The molecule has 8 heteroatoms. The van der Waals surface area contributed by atoms with Crippen LogP contribution in [-0.2, 0) is 0 Å². The Morgan fingerprint density at radius 3 is 2.65 bits per heavy atom. The summed E-state index contributed by atoms with van der Waals surface area (Å²) in [5, 5.41) is 10.3. The first-order valence-electron chi connectivity index (χ1n) is 8.73. The van der Waals surface area contributed by atoms with E-state index in [-0.39, 0.29) is 13.4 Å². The number of fused-ring (bicyclic) bond motifs is 1. The lowest BCUT2D eigenvalue weighted by molar-refractivity contribution is 0.0661. The van der Waals surface area contributed by atoms with Gasteiger partial charge in [-0.15, -0.1) is 0 Å². The van der Waals surface area contributed by atoms with Gasteiger partial charge in [0.1, 0.15) is 18.5 Å². The molecule has 0 radical (unpaired) electrons. The number of nitrogens with zero attached hydrogens (tertiary/aromatic N) is 4. The van der Waals surface area contributed by atoms with Crippen molar-refractivity contribution in [3.05, 3.63) is 36.7 Å². The van der Waals surface area contributed by atoms with E-state index in [1.807, 2.05) is 18.2 Å². The lowest BCUT2D eigenvalue weighted by atomic mass is 10.2. The first kappa shape index (κ1) is 16.9. The van der Waals surface area contributed by atoms with Crippen LogP contribution in [0.4, 0.5) is 5.95 Å². The smallest absolute Gasteiger partial charge is 0.231 e. The van der Waals surface area contributed by atoms with Crippen molar-refractivity contribution in [3.63, 3.8) is 0 Å². The van der Waals surface area contributed by atoms with Crippen LogP contribution in [-0.4, -0.2) is 72.2 Å². The minimum atomic E-state index is -0.556. The van der Waals surface area contributed by atoms with Gasteiger partial charge in [0.2, 0.25) is 12.7 Å². The van der Waals surface area contributed by atoms with Crippen molar-refractivity contribution < 1.29 is 19.3 Å². The molecule has 0 aliphatic carbocycles. The molecule has 4 rings (SSSR count). The molecule has 1 aromatic heterocycles. The third kappa shape index (κ3) is 3.97. The van der Waals surface area contributed by atoms with Crippen LogP contribution < -0.4 is 19.1 Å². The molecule has 1 aromatic carbocycles. The minimum Gasteiger partial charge on any atom is -0.491 e. The van der Waals surface area contributed by atoms with Crippen molar-refractivity contribution in [2.75, 3.05) is 51.0 Å². The number of piperazine rings is 1. The summed E-state index contributed by atoms with van der Waals surface area (Å²) >= 11 is 0. The normalized spacial score (nSPS) is 18.0. The molecule has 1 fully saturated rings. The van der Waals surface area contributed by atoms with Crippen LogP contribution in [0.25, 0.3) is 0 Å². The van der Waals surface area contributed by atoms with Gasteiger partial charge in [-0.1, -0.05) is 0 Å². The third-order valence-electron chi connectivity index (χ3n) is 4.46. The van der Waals surface area contributed by atoms with Gasteiger partial charge >= 0.3 is 0 Å². The first-order valence-corrected chi connectivity index (χ1v) is 8.73. The van der Waals surface area contributed by atoms with Gasteiger partial charge in [0.15, 0.2) is 11.5 Å². The number of aliphatic hydroxyl groups is 1. The van der Waals surface area contributed by atoms with E-state index >= 15 is 0 Å². The molecule has 138 valence electrons. The van der Waals surface area contributed by atoms with Gasteiger partial charge < -0.3 is 24.2 Å². The van der Waals surface area contributed by atoms with Gasteiger partial charge in [-0.05, 0) is 18.2 Å². The van der Waals surface area contributed by atoms with E-state index in [9.17, 15) is 5.11 Å². The highest BCUT2D eigenvalue weighted by molar-refractivity contribution is 5.46. The Labute approximate surface area is 151 Å². The van der Waals surface area contributed by atoms with Crippen molar-refractivity contribution in [1.29, 1.82) is 0 Å². The van der Waals surface area contributed by atoms with Gasteiger partial charge in [0.05, 0.1) is 0 Å². The van der Waals surface area contributed by atoms with Gasteiger partial charge in [-0.25, -0.2) is 9.97 Å². The summed E-state index contributed by atoms with van der Waals surface area (Å²) in [4.78, 5) is 13.0. The highest BCUT2D eigenvalue weighted by Gasteiger charge is 2.21. The van der Waals surface area contributed by atoms with Crippen molar-refractivity contribution in [2.45, 2.75) is 6.10 Å². The van der Waals surface area contributed by atoms with E-state index in [1.165, 1.54) is 0 Å². The topological polar surface area (TPSA) is 80.2 Å². The number of β-amino-alcohol motifs (C(OH)–C–C–N with tert-alkyl or cyclic N) is 1. The highest BCUT2D eigenvalue weighted by atomic mass is 16.7. The number of hydrogen-bond acceptors (Lipinski definition) is 8. The Balaban J connectivity index is 1.21. The number of ether oxygens (including phenoxy) is 3. The maximum atomic E-state index is 10.3. The lowest BCUT2D eigenvalue weighted by Gasteiger charge is -2.35. The number of aromatic nitrogens is 2. The summed E-state index contributed by atoms with van der Waals surface area (Å²) < 4.78 is 16.3. The van der Waals surface area contributed by atoms with Crippen LogP contribution in [0, 0.1) is 0 Å². The fourth-order valence-electron chi connectivity index (χ4n) is 3.09. The number of hydrogen-bond donors (Lipinski definition) is 1. The molecule has 3 heterocycles. The molecule has 8 nitrogen and oxygen atoms in total. The van der Waals surface area contributed by atoms with Crippen LogP contribution in [0.5, 0.6) is 17.2 Å². The molecule has 0 saturated carbocycles. The second-order valence-electron chi connectivity index (χ2n) is 6.32. The second-order valence-corrected chi connectivity index (χ2v) is 6.32. The van der Waals surface area contributed by atoms with Crippen LogP contribution in [0.2, 0.25) is 0 Å². The maximum Gasteiger partial charge on any atom is 0.231 e. The quantitative estimate of drug-likeness (QED) is 0.811. The van der Waals surface area contributed by atoms with Gasteiger partial charge in [-0.2, -0.15) is 0 Å². The summed E-state index contributed by atoms with van der Waals surface area (Å²) in [7, 11) is 0. The van der Waals surface area contributed by atoms with E-state index in [0.717, 1.165) is 37.9 Å². The zero-order valence-corrected chi connectivity index (χ0v) is 14.5. The summed E-state index contributed by atoms with van der Waals surface area (Å²) in [6, 6.07) is 7.23. The third-order valence-corrected chi connectivity index (χ3v) is 4.46. The van der Waals surface area contributed by atoms with Crippen LogP contribution in [0.3, 0.4) is 0 Å². The Bertz CT molecular complexity index is 722. The summed E-state index contributed by atoms with van der Waals surface area (Å²) in [6.45, 7) is 4.47. The molecule has 0 bridgehead atoms. The first-order chi connectivity index (χ1) is 12.8. The minimum absolute atomic E-state index is 0.238. The number of rotatable bonds is 6. The van der Waals surface area contributed by atoms with E-state index < -0.39 is 6.10 Å². The molecule has 2 aromatic rings. The van der Waals surface area contributed by atoms with Gasteiger partial charge in [0, 0.05) is 51.2 Å². The van der Waals surface area contributed by atoms with Crippen molar-refractivity contribution in [1.82, 2.24) is 14.9 Å². The number of aliphatic hydroxyl groups excluding tert-OH is 1. The average Bonchev–Trinajstić information content (AvgIpc) is 3.15. The SMILES string of the molecule is OC(COc1ccc2c(c1)OCO2)CN1CCN(c2ncccn2)CC1. The molecule has 2 aliphatic rings. The maximum absolute atomic E-state index is 10.3. The van der Waals surface area contributed by atoms with Crippen LogP contribution in [0.1, 0.15) is 0 Å². The summed E-state index contributed by atoms with van der Waals surface area (Å²) in [6.07, 6.45) is 2.96. The predicted octanol–water partition coefficient (Wildman–Crippen LogP) is 0.767. The van der Waals surface area contributed by atoms with E-state index in [1.54, 1.807) is 18.5 Å².